The first-order chi connectivity index (χ1) is 17.7. The fourth-order valence-corrected chi connectivity index (χ4v) is 10.2. The highest BCUT2D eigenvalue weighted by molar-refractivity contribution is 14.1. The Hall–Kier alpha value is 0.0900. The molecule has 4 aliphatic carbocycles. The Bertz CT molecular complexity index is 837. The number of fused-ring (bicyclic) bond motifs is 5. The van der Waals surface area contributed by atoms with Crippen molar-refractivity contribution in [2.75, 3.05) is 6.61 Å². The maximum absolute atomic E-state index is 6.50. The minimum atomic E-state index is -0.218. The predicted octanol–water partition coefficient (Wildman–Crippen LogP) is 9.45. The smallest absolute Gasteiger partial charge is 0.177 e. The second kappa shape index (κ2) is 11.9. The summed E-state index contributed by atoms with van der Waals surface area (Å²) in [5.41, 5.74) is 2.66. The van der Waals surface area contributed by atoms with Gasteiger partial charge in [-0.25, -0.2) is 0 Å². The summed E-state index contributed by atoms with van der Waals surface area (Å²) >= 11 is 1.96. The molecular formula is C33H53IO3. The van der Waals surface area contributed by atoms with Crippen molar-refractivity contribution >= 4 is 23.0 Å². The first-order valence-corrected chi connectivity index (χ1v) is 16.5. The first-order valence-electron chi connectivity index (χ1n) is 15.6. The van der Waals surface area contributed by atoms with E-state index in [0.717, 1.165) is 54.8 Å². The SMILES string of the molecule is CC(C)CCCC(C)C1CCC2C3CC=C4CC(OC5C=CCC(COI)O5)CCC4(C)C3CCC12C. The summed E-state index contributed by atoms with van der Waals surface area (Å²) in [6, 6.07) is 0. The van der Waals surface area contributed by atoms with Gasteiger partial charge in [-0.15, -0.1) is 0 Å². The highest BCUT2D eigenvalue weighted by Gasteiger charge is 2.59. The van der Waals surface area contributed by atoms with Gasteiger partial charge in [0.15, 0.2) is 6.29 Å². The van der Waals surface area contributed by atoms with Gasteiger partial charge < -0.3 is 12.5 Å². The van der Waals surface area contributed by atoms with E-state index >= 15 is 0 Å². The minimum absolute atomic E-state index is 0.111. The second-order valence-corrected chi connectivity index (χ2v) is 15.0. The van der Waals surface area contributed by atoms with E-state index in [4.69, 9.17) is 12.5 Å². The van der Waals surface area contributed by atoms with Crippen molar-refractivity contribution in [1.82, 2.24) is 0 Å². The summed E-state index contributed by atoms with van der Waals surface area (Å²) in [7, 11) is 0. The van der Waals surface area contributed by atoms with Crippen LogP contribution >= 0.6 is 23.0 Å². The molecule has 10 unspecified atom stereocenters. The van der Waals surface area contributed by atoms with Crippen LogP contribution in [-0.4, -0.2) is 25.1 Å². The van der Waals surface area contributed by atoms with Crippen molar-refractivity contribution < 1.29 is 12.5 Å². The van der Waals surface area contributed by atoms with Gasteiger partial charge in [0.2, 0.25) is 0 Å². The Morgan fingerprint density at radius 3 is 2.65 bits per heavy atom. The lowest BCUT2D eigenvalue weighted by molar-refractivity contribution is -0.183. The molecule has 1 heterocycles. The van der Waals surface area contributed by atoms with E-state index in [1.54, 1.807) is 5.57 Å². The Kier molecular flexibility index (Phi) is 9.21. The van der Waals surface area contributed by atoms with Crippen molar-refractivity contribution in [2.24, 2.45) is 46.3 Å². The molecule has 5 aliphatic rings. The predicted molar refractivity (Wildman–Crippen MR) is 160 cm³/mol. The lowest BCUT2D eigenvalue weighted by Gasteiger charge is -2.58. The zero-order valence-electron chi connectivity index (χ0n) is 24.2. The number of hydrogen-bond acceptors (Lipinski definition) is 3. The van der Waals surface area contributed by atoms with Crippen molar-refractivity contribution in [3.63, 3.8) is 0 Å². The molecule has 1 aliphatic heterocycles. The quantitative estimate of drug-likeness (QED) is 0.189. The van der Waals surface area contributed by atoms with Crippen LogP contribution in [0, 0.1) is 46.3 Å². The summed E-state index contributed by atoms with van der Waals surface area (Å²) in [5.74, 6) is 5.39. The second-order valence-electron chi connectivity index (χ2n) is 14.4. The molecular weight excluding hydrogens is 571 g/mol. The molecule has 0 aromatic rings. The van der Waals surface area contributed by atoms with Crippen LogP contribution in [0.4, 0.5) is 0 Å². The van der Waals surface area contributed by atoms with Gasteiger partial charge >= 0.3 is 0 Å². The van der Waals surface area contributed by atoms with Crippen LogP contribution in [0.3, 0.4) is 0 Å². The topological polar surface area (TPSA) is 27.7 Å². The van der Waals surface area contributed by atoms with E-state index in [-0.39, 0.29) is 18.5 Å². The van der Waals surface area contributed by atoms with Crippen LogP contribution in [0.25, 0.3) is 0 Å². The van der Waals surface area contributed by atoms with E-state index in [0.29, 0.717) is 17.4 Å². The van der Waals surface area contributed by atoms with Gasteiger partial charge in [-0.05, 0) is 110 Å². The van der Waals surface area contributed by atoms with Gasteiger partial charge in [-0.3, -0.25) is 0 Å². The number of ether oxygens (including phenoxy) is 2. The zero-order chi connectivity index (χ0) is 26.2. The number of rotatable bonds is 9. The molecule has 0 radical (unpaired) electrons. The molecule has 0 aromatic heterocycles. The molecule has 0 spiro atoms. The lowest BCUT2D eigenvalue weighted by atomic mass is 9.47. The van der Waals surface area contributed by atoms with Crippen LogP contribution in [0.15, 0.2) is 23.8 Å². The molecule has 5 rings (SSSR count). The third-order valence-electron chi connectivity index (χ3n) is 11.9. The summed E-state index contributed by atoms with van der Waals surface area (Å²) in [5, 5.41) is 0. The van der Waals surface area contributed by atoms with Gasteiger partial charge in [-0.2, -0.15) is 0 Å². The highest BCUT2D eigenvalue weighted by Crippen LogP contribution is 2.67. The van der Waals surface area contributed by atoms with Crippen molar-refractivity contribution in [1.29, 1.82) is 0 Å². The molecule has 0 amide bonds. The van der Waals surface area contributed by atoms with Crippen molar-refractivity contribution in [3.8, 4) is 0 Å². The summed E-state index contributed by atoms with van der Waals surface area (Å²) in [4.78, 5) is 0. The van der Waals surface area contributed by atoms with Crippen LogP contribution in [0.1, 0.15) is 112 Å². The molecule has 37 heavy (non-hydrogen) atoms. The van der Waals surface area contributed by atoms with E-state index in [2.05, 4.69) is 52.8 Å². The first kappa shape index (κ1) is 28.6. The fourth-order valence-electron chi connectivity index (χ4n) is 9.84. The van der Waals surface area contributed by atoms with E-state index in [9.17, 15) is 0 Å². The number of hydrogen-bond donors (Lipinski definition) is 0. The van der Waals surface area contributed by atoms with E-state index in [1.807, 2.05) is 23.0 Å². The molecule has 0 bridgehead atoms. The molecule has 3 saturated carbocycles. The third kappa shape index (κ3) is 5.79. The molecule has 10 atom stereocenters. The lowest BCUT2D eigenvalue weighted by Crippen LogP contribution is -2.51. The maximum atomic E-state index is 6.50. The Balaban J connectivity index is 1.22. The maximum Gasteiger partial charge on any atom is 0.177 e. The number of halogens is 1. The van der Waals surface area contributed by atoms with Gasteiger partial charge in [0.25, 0.3) is 0 Å². The average Bonchev–Trinajstić information content (AvgIpc) is 3.22. The molecule has 3 fully saturated rings. The van der Waals surface area contributed by atoms with Gasteiger partial charge in [0, 0.05) is 0 Å². The summed E-state index contributed by atoms with van der Waals surface area (Å²) < 4.78 is 17.9. The molecule has 3 nitrogen and oxygen atoms in total. The molecule has 0 saturated heterocycles. The van der Waals surface area contributed by atoms with Crippen molar-refractivity contribution in [2.45, 2.75) is 130 Å². The highest BCUT2D eigenvalue weighted by atomic mass is 127. The average molecular weight is 625 g/mol. The normalized spacial score (nSPS) is 44.2. The summed E-state index contributed by atoms with van der Waals surface area (Å²) in [6.07, 6.45) is 23.0. The summed E-state index contributed by atoms with van der Waals surface area (Å²) in [6.45, 7) is 13.3. The van der Waals surface area contributed by atoms with Crippen LogP contribution < -0.4 is 0 Å². The van der Waals surface area contributed by atoms with Crippen LogP contribution in [-0.2, 0) is 12.5 Å². The monoisotopic (exact) mass is 624 g/mol. The van der Waals surface area contributed by atoms with E-state index in [1.165, 1.54) is 57.8 Å². The van der Waals surface area contributed by atoms with Crippen LogP contribution in [0.2, 0.25) is 0 Å². The van der Waals surface area contributed by atoms with Gasteiger partial charge in [0.05, 0.1) is 18.8 Å². The van der Waals surface area contributed by atoms with Gasteiger partial charge in [0.1, 0.15) is 23.0 Å². The third-order valence-corrected chi connectivity index (χ3v) is 12.2. The Morgan fingerprint density at radius 2 is 1.86 bits per heavy atom. The van der Waals surface area contributed by atoms with Crippen LogP contribution in [0.5, 0.6) is 0 Å². The molecule has 0 aromatic carbocycles. The molecule has 4 heteroatoms. The Morgan fingerprint density at radius 1 is 1.03 bits per heavy atom. The molecule has 210 valence electrons. The van der Waals surface area contributed by atoms with E-state index < -0.39 is 0 Å². The minimum Gasteiger partial charge on any atom is -0.345 e. The molecule has 0 N–H and O–H groups in total. The number of allylic oxidation sites excluding steroid dienone is 1. The largest absolute Gasteiger partial charge is 0.345 e. The van der Waals surface area contributed by atoms with Crippen molar-refractivity contribution in [3.05, 3.63) is 23.8 Å². The standard InChI is InChI=1S/C33H53IO3/c1-22(2)8-6-9-23(3)28-14-15-29-27-13-12-24-20-25(36-31-11-7-10-26(37-31)21-35-34)16-18-32(24,4)30(27)17-19-33(28,29)5/h7,11-12,22-23,25-31H,6,8-10,13-21H2,1-5H3. The zero-order valence-corrected chi connectivity index (χ0v) is 26.4. The Labute approximate surface area is 241 Å². The fraction of sp³-hybridized carbons (Fsp3) is 0.879. The van der Waals surface area contributed by atoms with Gasteiger partial charge in [-0.1, -0.05) is 71.6 Å².